The molecule has 0 bridgehead atoms. The Bertz CT molecular complexity index is 226. The molecule has 0 aromatic carbocycles. The van der Waals surface area contributed by atoms with E-state index in [0.717, 1.165) is 12.1 Å². The van der Waals surface area contributed by atoms with Crippen molar-refractivity contribution in [3.63, 3.8) is 0 Å². The van der Waals surface area contributed by atoms with Crippen molar-refractivity contribution in [2.75, 3.05) is 13.1 Å². The topological polar surface area (TPSA) is 15.3 Å². The van der Waals surface area contributed by atoms with Crippen molar-refractivity contribution in [2.24, 2.45) is 0 Å². The molecule has 2 fully saturated rings. The minimum absolute atomic E-state index is 0.265. The Labute approximate surface area is 107 Å². The molecule has 17 heavy (non-hydrogen) atoms. The first-order valence-electron chi connectivity index (χ1n) is 7.57. The molecule has 1 aliphatic heterocycles. The third-order valence-electron chi connectivity index (χ3n) is 4.33. The molecule has 0 amide bonds. The Hall–Kier alpha value is -0.0800. The first kappa shape index (κ1) is 13.4. The van der Waals surface area contributed by atoms with Crippen LogP contribution >= 0.6 is 0 Å². The highest BCUT2D eigenvalue weighted by atomic mass is 15.2. The molecule has 1 atom stereocenters. The van der Waals surface area contributed by atoms with Gasteiger partial charge < -0.3 is 5.32 Å². The van der Waals surface area contributed by atoms with Crippen LogP contribution in [0.1, 0.15) is 65.7 Å². The van der Waals surface area contributed by atoms with E-state index in [4.69, 9.17) is 0 Å². The second-order valence-electron chi connectivity index (χ2n) is 6.96. The van der Waals surface area contributed by atoms with Gasteiger partial charge in [-0.1, -0.05) is 19.3 Å². The summed E-state index contributed by atoms with van der Waals surface area (Å²) < 4.78 is 0. The zero-order valence-electron chi connectivity index (χ0n) is 12.0. The summed E-state index contributed by atoms with van der Waals surface area (Å²) in [6.07, 6.45) is 10.1. The van der Waals surface area contributed by atoms with Gasteiger partial charge in [-0.05, 0) is 53.0 Å². The van der Waals surface area contributed by atoms with Gasteiger partial charge in [-0.3, -0.25) is 4.90 Å². The van der Waals surface area contributed by atoms with Crippen LogP contribution in [0.2, 0.25) is 0 Å². The van der Waals surface area contributed by atoms with Crippen molar-refractivity contribution in [2.45, 2.75) is 83.3 Å². The predicted octanol–water partition coefficient (Wildman–Crippen LogP) is 3.17. The number of hydrogen-bond acceptors (Lipinski definition) is 2. The van der Waals surface area contributed by atoms with Gasteiger partial charge in [0.25, 0.3) is 0 Å². The highest BCUT2D eigenvalue weighted by Crippen LogP contribution is 2.29. The molecule has 1 N–H and O–H groups in total. The van der Waals surface area contributed by atoms with Crippen molar-refractivity contribution < 1.29 is 0 Å². The van der Waals surface area contributed by atoms with Gasteiger partial charge in [0, 0.05) is 24.2 Å². The molecule has 0 spiro atoms. The van der Waals surface area contributed by atoms with Gasteiger partial charge in [-0.15, -0.1) is 0 Å². The van der Waals surface area contributed by atoms with Crippen LogP contribution in [0.5, 0.6) is 0 Å². The fourth-order valence-electron chi connectivity index (χ4n) is 3.39. The van der Waals surface area contributed by atoms with Crippen LogP contribution in [0, 0.1) is 0 Å². The molecule has 0 radical (unpaired) electrons. The highest BCUT2D eigenvalue weighted by Gasteiger charge is 2.31. The molecule has 0 aromatic rings. The van der Waals surface area contributed by atoms with Crippen LogP contribution in [0.25, 0.3) is 0 Å². The monoisotopic (exact) mass is 238 g/mol. The van der Waals surface area contributed by atoms with E-state index in [1.807, 2.05) is 0 Å². The molecule has 2 aliphatic rings. The minimum atomic E-state index is 0.265. The second kappa shape index (κ2) is 5.71. The van der Waals surface area contributed by atoms with Gasteiger partial charge in [-0.25, -0.2) is 0 Å². The van der Waals surface area contributed by atoms with Crippen LogP contribution in [0.3, 0.4) is 0 Å². The summed E-state index contributed by atoms with van der Waals surface area (Å²) in [5.74, 6) is 0. The van der Waals surface area contributed by atoms with Gasteiger partial charge in [0.2, 0.25) is 0 Å². The van der Waals surface area contributed by atoms with Crippen molar-refractivity contribution in [1.82, 2.24) is 10.2 Å². The molecule has 0 aromatic heterocycles. The first-order valence-corrected chi connectivity index (χ1v) is 7.57. The van der Waals surface area contributed by atoms with Gasteiger partial charge in [0.1, 0.15) is 0 Å². The van der Waals surface area contributed by atoms with Gasteiger partial charge in [0.05, 0.1) is 0 Å². The molecule has 100 valence electrons. The van der Waals surface area contributed by atoms with Crippen molar-refractivity contribution in [3.8, 4) is 0 Å². The maximum Gasteiger partial charge on any atom is 0.0224 e. The van der Waals surface area contributed by atoms with Crippen molar-refractivity contribution in [3.05, 3.63) is 0 Å². The first-order chi connectivity index (χ1) is 8.06. The lowest BCUT2D eigenvalue weighted by atomic mass is 9.93. The lowest BCUT2D eigenvalue weighted by molar-refractivity contribution is 0.135. The van der Waals surface area contributed by atoms with Gasteiger partial charge in [0.15, 0.2) is 0 Å². The fourth-order valence-corrected chi connectivity index (χ4v) is 3.39. The maximum atomic E-state index is 3.69. The third kappa shape index (κ3) is 3.96. The average Bonchev–Trinajstić information content (AvgIpc) is 2.75. The summed E-state index contributed by atoms with van der Waals surface area (Å²) in [4.78, 5) is 2.82. The molecule has 1 heterocycles. The Kier molecular flexibility index (Phi) is 4.48. The minimum Gasteiger partial charge on any atom is -0.311 e. The number of hydrogen-bond donors (Lipinski definition) is 1. The summed E-state index contributed by atoms with van der Waals surface area (Å²) >= 11 is 0. The van der Waals surface area contributed by atoms with E-state index < -0.39 is 0 Å². The predicted molar refractivity (Wildman–Crippen MR) is 74.4 cm³/mol. The summed E-state index contributed by atoms with van der Waals surface area (Å²) in [5, 5.41) is 3.69. The van der Waals surface area contributed by atoms with Crippen LogP contribution in [0.15, 0.2) is 0 Å². The maximum absolute atomic E-state index is 3.69. The van der Waals surface area contributed by atoms with Crippen LogP contribution in [-0.4, -0.2) is 35.6 Å². The van der Waals surface area contributed by atoms with Gasteiger partial charge in [-0.2, -0.15) is 0 Å². The number of nitrogens with one attached hydrogen (secondary N) is 1. The second-order valence-corrected chi connectivity index (χ2v) is 6.96. The number of nitrogens with zero attached hydrogens (tertiary/aromatic N) is 1. The zero-order chi connectivity index (χ0) is 12.3. The molecular weight excluding hydrogens is 208 g/mol. The van der Waals surface area contributed by atoms with Crippen molar-refractivity contribution >= 4 is 0 Å². The number of likely N-dealkylation sites (tertiary alicyclic amines) is 1. The fraction of sp³-hybridized carbons (Fsp3) is 1.00. The molecule has 1 unspecified atom stereocenters. The van der Waals surface area contributed by atoms with E-state index in [9.17, 15) is 0 Å². The molecule has 2 nitrogen and oxygen atoms in total. The van der Waals surface area contributed by atoms with E-state index in [1.54, 1.807) is 0 Å². The van der Waals surface area contributed by atoms with Crippen LogP contribution in [0.4, 0.5) is 0 Å². The Morgan fingerprint density at radius 3 is 2.35 bits per heavy atom. The Balaban J connectivity index is 1.83. The summed E-state index contributed by atoms with van der Waals surface area (Å²) in [6, 6.07) is 1.70. The lowest BCUT2D eigenvalue weighted by Gasteiger charge is -2.36. The van der Waals surface area contributed by atoms with E-state index >= 15 is 0 Å². The third-order valence-corrected chi connectivity index (χ3v) is 4.33. The quantitative estimate of drug-likeness (QED) is 0.812. The lowest BCUT2D eigenvalue weighted by Crippen LogP contribution is -2.48. The molecule has 2 heteroatoms. The van der Waals surface area contributed by atoms with E-state index in [1.165, 1.54) is 58.0 Å². The molecule has 1 aliphatic carbocycles. The van der Waals surface area contributed by atoms with E-state index in [-0.39, 0.29) is 5.54 Å². The summed E-state index contributed by atoms with van der Waals surface area (Å²) in [6.45, 7) is 9.34. The molecular formula is C15H30N2. The Morgan fingerprint density at radius 2 is 1.71 bits per heavy atom. The average molecular weight is 238 g/mol. The zero-order valence-corrected chi connectivity index (χ0v) is 12.0. The van der Waals surface area contributed by atoms with E-state index in [0.29, 0.717) is 0 Å². The van der Waals surface area contributed by atoms with Crippen molar-refractivity contribution in [1.29, 1.82) is 0 Å². The molecule has 1 saturated heterocycles. The Morgan fingerprint density at radius 1 is 1.00 bits per heavy atom. The smallest absolute Gasteiger partial charge is 0.0224 e. The van der Waals surface area contributed by atoms with Crippen LogP contribution in [-0.2, 0) is 0 Å². The summed E-state index contributed by atoms with van der Waals surface area (Å²) in [5.41, 5.74) is 0.265. The largest absolute Gasteiger partial charge is 0.311 e. The number of rotatable bonds is 3. The van der Waals surface area contributed by atoms with Crippen LogP contribution < -0.4 is 5.32 Å². The standard InChI is InChI=1S/C15H30N2/c1-15(2,3)16-12-14-10-7-11-17(14)13-8-5-4-6-9-13/h13-14,16H,4-12H2,1-3H3. The normalized spacial score (nSPS) is 28.8. The molecule has 2 rings (SSSR count). The highest BCUT2D eigenvalue weighted by molar-refractivity contribution is 4.88. The molecule has 1 saturated carbocycles. The van der Waals surface area contributed by atoms with E-state index in [2.05, 4.69) is 31.0 Å². The summed E-state index contributed by atoms with van der Waals surface area (Å²) in [7, 11) is 0. The SMILES string of the molecule is CC(C)(C)NCC1CCCN1C1CCCCC1. The van der Waals surface area contributed by atoms with Gasteiger partial charge >= 0.3 is 0 Å².